The van der Waals surface area contributed by atoms with E-state index in [0.29, 0.717) is 17.5 Å². The zero-order valence-corrected chi connectivity index (χ0v) is 18.6. The summed E-state index contributed by atoms with van der Waals surface area (Å²) in [5.41, 5.74) is 1.88. The number of benzene rings is 3. The summed E-state index contributed by atoms with van der Waals surface area (Å²) in [5, 5.41) is 14.4. The zero-order valence-electron chi connectivity index (χ0n) is 17.8. The highest BCUT2D eigenvalue weighted by Gasteiger charge is 2.14. The lowest BCUT2D eigenvalue weighted by atomic mass is 10.1. The molecule has 1 aromatic heterocycles. The largest absolute Gasteiger partial charge is 0.486 e. The van der Waals surface area contributed by atoms with Crippen molar-refractivity contribution in [3.8, 4) is 5.75 Å². The number of ether oxygens (including phenoxy) is 1. The number of amides is 1. The summed E-state index contributed by atoms with van der Waals surface area (Å²) in [4.78, 5) is 12.4. The lowest BCUT2D eigenvalue weighted by Crippen LogP contribution is -2.15. The Morgan fingerprint density at radius 1 is 1.09 bits per heavy atom. The predicted molar refractivity (Wildman–Crippen MR) is 129 cm³/mol. The first-order valence-electron chi connectivity index (χ1n) is 10.3. The van der Waals surface area contributed by atoms with Crippen molar-refractivity contribution in [1.29, 1.82) is 0 Å². The van der Waals surface area contributed by atoms with Gasteiger partial charge in [0.05, 0.1) is 5.75 Å². The molecule has 1 amide bonds. The molecule has 0 unspecified atom stereocenters. The van der Waals surface area contributed by atoms with Crippen LogP contribution in [0.3, 0.4) is 0 Å². The lowest BCUT2D eigenvalue weighted by Gasteiger charge is -2.10. The summed E-state index contributed by atoms with van der Waals surface area (Å²) in [6.07, 6.45) is 1.78. The van der Waals surface area contributed by atoms with E-state index in [1.165, 1.54) is 11.8 Å². The molecule has 1 heterocycles. The standard InChI is InChI=1S/C25H24N4O2S/c1-3-13-29-23(16-31-22-12-11-19-8-4-5-9-20(19)15-22)27-28-25(29)32-17-24(30)26-21-10-6-7-18(2)14-21/h3-12,14-15H,1,13,16-17H2,2H3,(H,26,30). The summed E-state index contributed by atoms with van der Waals surface area (Å²) < 4.78 is 7.89. The number of anilines is 1. The van der Waals surface area contributed by atoms with Crippen LogP contribution in [-0.4, -0.2) is 26.4 Å². The molecule has 4 rings (SSSR count). The van der Waals surface area contributed by atoms with Crippen molar-refractivity contribution < 1.29 is 9.53 Å². The predicted octanol–water partition coefficient (Wildman–Crippen LogP) is 5.24. The van der Waals surface area contributed by atoms with Gasteiger partial charge in [0.2, 0.25) is 5.91 Å². The van der Waals surface area contributed by atoms with Crippen molar-refractivity contribution in [2.45, 2.75) is 25.2 Å². The molecular formula is C25H24N4O2S. The van der Waals surface area contributed by atoms with Gasteiger partial charge in [0.15, 0.2) is 11.0 Å². The van der Waals surface area contributed by atoms with Crippen molar-refractivity contribution in [3.63, 3.8) is 0 Å². The van der Waals surface area contributed by atoms with Gasteiger partial charge in [-0.05, 0) is 47.5 Å². The minimum absolute atomic E-state index is 0.0947. The van der Waals surface area contributed by atoms with Crippen LogP contribution < -0.4 is 10.1 Å². The number of carbonyl (C=O) groups is 1. The molecule has 0 saturated carbocycles. The Morgan fingerprint density at radius 3 is 2.75 bits per heavy atom. The maximum Gasteiger partial charge on any atom is 0.234 e. The number of rotatable bonds is 9. The number of nitrogens with one attached hydrogen (secondary N) is 1. The number of hydrogen-bond donors (Lipinski definition) is 1. The highest BCUT2D eigenvalue weighted by molar-refractivity contribution is 7.99. The number of fused-ring (bicyclic) bond motifs is 1. The van der Waals surface area contributed by atoms with Gasteiger partial charge in [-0.3, -0.25) is 9.36 Å². The van der Waals surface area contributed by atoms with E-state index in [0.717, 1.165) is 27.8 Å². The molecule has 7 heteroatoms. The van der Waals surface area contributed by atoms with Gasteiger partial charge < -0.3 is 10.1 Å². The topological polar surface area (TPSA) is 69.0 Å². The molecule has 6 nitrogen and oxygen atoms in total. The van der Waals surface area contributed by atoms with Gasteiger partial charge in [0.1, 0.15) is 12.4 Å². The van der Waals surface area contributed by atoms with Crippen molar-refractivity contribution in [1.82, 2.24) is 14.8 Å². The monoisotopic (exact) mass is 444 g/mol. The van der Waals surface area contributed by atoms with E-state index in [1.807, 2.05) is 66.1 Å². The third-order valence-corrected chi connectivity index (χ3v) is 5.79. The first-order valence-corrected chi connectivity index (χ1v) is 11.2. The molecule has 0 aliphatic rings. The van der Waals surface area contributed by atoms with Gasteiger partial charge >= 0.3 is 0 Å². The fourth-order valence-corrected chi connectivity index (χ4v) is 4.07. The smallest absolute Gasteiger partial charge is 0.234 e. The Morgan fingerprint density at radius 2 is 1.94 bits per heavy atom. The van der Waals surface area contributed by atoms with Gasteiger partial charge in [0.25, 0.3) is 0 Å². The Labute approximate surface area is 191 Å². The van der Waals surface area contributed by atoms with Gasteiger partial charge in [0, 0.05) is 12.2 Å². The first kappa shape index (κ1) is 21.6. The first-order chi connectivity index (χ1) is 15.6. The molecule has 32 heavy (non-hydrogen) atoms. The molecule has 0 aliphatic heterocycles. The summed E-state index contributed by atoms with van der Waals surface area (Å²) >= 11 is 1.34. The van der Waals surface area contributed by atoms with E-state index in [4.69, 9.17) is 4.74 Å². The summed E-state index contributed by atoms with van der Waals surface area (Å²) in [6, 6.07) is 21.8. The fraction of sp³-hybridized carbons (Fsp3) is 0.160. The molecule has 4 aromatic rings. The summed E-state index contributed by atoms with van der Waals surface area (Å²) in [5.74, 6) is 1.58. The Kier molecular flexibility index (Phi) is 6.87. The van der Waals surface area contributed by atoms with Crippen molar-refractivity contribution in [2.75, 3.05) is 11.1 Å². The molecule has 0 aliphatic carbocycles. The van der Waals surface area contributed by atoms with Crippen LogP contribution in [0.4, 0.5) is 5.69 Å². The molecule has 0 bridgehead atoms. The second-order valence-electron chi connectivity index (χ2n) is 7.30. The van der Waals surface area contributed by atoms with E-state index in [9.17, 15) is 4.79 Å². The van der Waals surface area contributed by atoms with E-state index in [1.54, 1.807) is 6.08 Å². The molecule has 0 radical (unpaired) electrons. The highest BCUT2D eigenvalue weighted by atomic mass is 32.2. The van der Waals surface area contributed by atoms with E-state index < -0.39 is 0 Å². The van der Waals surface area contributed by atoms with Crippen LogP contribution in [-0.2, 0) is 17.9 Å². The fourth-order valence-electron chi connectivity index (χ4n) is 3.30. The van der Waals surface area contributed by atoms with Crippen LogP contribution in [0.1, 0.15) is 11.4 Å². The van der Waals surface area contributed by atoms with Crippen LogP contribution in [0.5, 0.6) is 5.75 Å². The molecule has 3 aromatic carbocycles. The second kappa shape index (κ2) is 10.2. The van der Waals surface area contributed by atoms with Crippen molar-refractivity contribution in [3.05, 3.63) is 90.8 Å². The Balaban J connectivity index is 1.39. The normalized spacial score (nSPS) is 10.8. The molecule has 0 spiro atoms. The number of nitrogens with zero attached hydrogens (tertiary/aromatic N) is 3. The quantitative estimate of drug-likeness (QED) is 0.283. The van der Waals surface area contributed by atoms with Gasteiger partial charge in [-0.2, -0.15) is 0 Å². The zero-order chi connectivity index (χ0) is 22.3. The number of thioether (sulfide) groups is 1. The SMILES string of the molecule is C=CCn1c(COc2ccc3ccccc3c2)nnc1SCC(=O)Nc1cccc(C)c1. The van der Waals surface area contributed by atoms with Crippen molar-refractivity contribution in [2.24, 2.45) is 0 Å². The molecule has 1 N–H and O–H groups in total. The highest BCUT2D eigenvalue weighted by Crippen LogP contribution is 2.23. The van der Waals surface area contributed by atoms with Gasteiger partial charge in [-0.1, -0.05) is 60.3 Å². The number of hydrogen-bond acceptors (Lipinski definition) is 5. The summed E-state index contributed by atoms with van der Waals surface area (Å²) in [7, 11) is 0. The second-order valence-corrected chi connectivity index (χ2v) is 8.24. The van der Waals surface area contributed by atoms with E-state index >= 15 is 0 Å². The lowest BCUT2D eigenvalue weighted by molar-refractivity contribution is -0.113. The Bertz CT molecular complexity index is 1250. The third-order valence-electron chi connectivity index (χ3n) is 4.83. The van der Waals surface area contributed by atoms with Crippen LogP contribution in [0.15, 0.2) is 84.5 Å². The van der Waals surface area contributed by atoms with Crippen LogP contribution in [0.2, 0.25) is 0 Å². The maximum atomic E-state index is 12.4. The van der Waals surface area contributed by atoms with Crippen LogP contribution >= 0.6 is 11.8 Å². The molecule has 162 valence electrons. The third kappa shape index (κ3) is 5.36. The molecule has 0 fully saturated rings. The molecule has 0 saturated heterocycles. The van der Waals surface area contributed by atoms with Crippen molar-refractivity contribution >= 4 is 34.1 Å². The molecular weight excluding hydrogens is 420 g/mol. The van der Waals surface area contributed by atoms with E-state index in [-0.39, 0.29) is 18.3 Å². The number of aromatic nitrogens is 3. The molecule has 0 atom stereocenters. The average Bonchev–Trinajstić information content (AvgIpc) is 3.18. The number of carbonyl (C=O) groups excluding carboxylic acids is 1. The van der Waals surface area contributed by atoms with Gasteiger partial charge in [-0.25, -0.2) is 0 Å². The number of aryl methyl sites for hydroxylation is 1. The maximum absolute atomic E-state index is 12.4. The minimum Gasteiger partial charge on any atom is -0.486 e. The van der Waals surface area contributed by atoms with Crippen LogP contribution in [0.25, 0.3) is 10.8 Å². The Hall–Kier alpha value is -3.58. The van der Waals surface area contributed by atoms with Crippen LogP contribution in [0, 0.1) is 6.92 Å². The van der Waals surface area contributed by atoms with Gasteiger partial charge in [-0.15, -0.1) is 16.8 Å². The minimum atomic E-state index is -0.0947. The number of allylic oxidation sites excluding steroid dienone is 1. The summed E-state index contributed by atoms with van der Waals surface area (Å²) in [6.45, 7) is 6.62. The average molecular weight is 445 g/mol. The van der Waals surface area contributed by atoms with E-state index in [2.05, 4.69) is 34.2 Å².